The van der Waals surface area contributed by atoms with Crippen LogP contribution in [0.2, 0.25) is 0 Å². The molecule has 0 amide bonds. The fourth-order valence-electron chi connectivity index (χ4n) is 1.38. The third kappa shape index (κ3) is 2.81. The van der Waals surface area contributed by atoms with Gasteiger partial charge in [0.25, 0.3) is 0 Å². The minimum atomic E-state index is 0.357. The minimum absolute atomic E-state index is 0.357. The van der Waals surface area contributed by atoms with Crippen LogP contribution in [0.1, 0.15) is 18.1 Å². The fraction of sp³-hybridized carbons (Fsp3) is 0.333. The van der Waals surface area contributed by atoms with Crippen molar-refractivity contribution in [1.29, 1.82) is 0 Å². The van der Waals surface area contributed by atoms with Gasteiger partial charge in [0, 0.05) is 10.6 Å². The highest BCUT2D eigenvalue weighted by Gasteiger charge is 2.03. The summed E-state index contributed by atoms with van der Waals surface area (Å²) in [6.07, 6.45) is 4.19. The van der Waals surface area contributed by atoms with E-state index >= 15 is 0 Å². The number of rotatable bonds is 3. The maximum atomic E-state index is 9.37. The van der Waals surface area contributed by atoms with Crippen molar-refractivity contribution in [1.82, 2.24) is 0 Å². The van der Waals surface area contributed by atoms with E-state index in [0.29, 0.717) is 5.75 Å². The largest absolute Gasteiger partial charge is 0.508 e. The van der Waals surface area contributed by atoms with Crippen LogP contribution in [0.15, 0.2) is 29.2 Å². The number of phenolic OH excluding ortho intramolecular Hbond substituents is 1. The topological polar surface area (TPSA) is 20.2 Å². The highest BCUT2D eigenvalue weighted by atomic mass is 32.2. The van der Waals surface area contributed by atoms with E-state index < -0.39 is 0 Å². The molecule has 14 heavy (non-hydrogen) atoms. The van der Waals surface area contributed by atoms with Gasteiger partial charge in [0.15, 0.2) is 0 Å². The first kappa shape index (κ1) is 11.2. The fourth-order valence-corrected chi connectivity index (χ4v) is 2.41. The summed E-state index contributed by atoms with van der Waals surface area (Å²) >= 11 is 1.81. The summed E-state index contributed by atoms with van der Waals surface area (Å²) in [7, 11) is 0. The Morgan fingerprint density at radius 1 is 1.29 bits per heavy atom. The minimum Gasteiger partial charge on any atom is -0.508 e. The van der Waals surface area contributed by atoms with Gasteiger partial charge in [-0.05, 0) is 44.0 Å². The van der Waals surface area contributed by atoms with Gasteiger partial charge in [0.05, 0.1) is 0 Å². The number of hydrogen-bond acceptors (Lipinski definition) is 2. The maximum absolute atomic E-state index is 9.37. The first-order valence-corrected chi connectivity index (χ1v) is 5.68. The molecule has 0 aliphatic carbocycles. The van der Waals surface area contributed by atoms with Crippen molar-refractivity contribution < 1.29 is 5.11 Å². The third-order valence-corrected chi connectivity index (χ3v) is 3.30. The summed E-state index contributed by atoms with van der Waals surface area (Å²) in [5.74, 6) is 1.35. The van der Waals surface area contributed by atoms with Gasteiger partial charge >= 0.3 is 0 Å². The number of phenols is 1. The van der Waals surface area contributed by atoms with E-state index in [4.69, 9.17) is 0 Å². The molecule has 0 bridgehead atoms. The molecule has 1 aromatic carbocycles. The molecular formula is C12H16OS. The molecule has 0 spiro atoms. The normalized spacial score (nSPS) is 11.1. The van der Waals surface area contributed by atoms with Crippen LogP contribution in [0.3, 0.4) is 0 Å². The highest BCUT2D eigenvalue weighted by Crippen LogP contribution is 2.29. The molecule has 76 valence electrons. The highest BCUT2D eigenvalue weighted by molar-refractivity contribution is 7.99. The lowest BCUT2D eigenvalue weighted by atomic mass is 10.1. The molecular weight excluding hydrogens is 192 g/mol. The predicted molar refractivity (Wildman–Crippen MR) is 63.1 cm³/mol. The number of benzene rings is 1. The van der Waals surface area contributed by atoms with Crippen molar-refractivity contribution in [2.75, 3.05) is 5.75 Å². The monoisotopic (exact) mass is 208 g/mol. The zero-order valence-corrected chi connectivity index (χ0v) is 9.69. The van der Waals surface area contributed by atoms with Crippen LogP contribution >= 0.6 is 11.8 Å². The summed E-state index contributed by atoms with van der Waals surface area (Å²) in [6.45, 7) is 6.09. The molecule has 1 aromatic rings. The summed E-state index contributed by atoms with van der Waals surface area (Å²) < 4.78 is 0. The molecule has 0 unspecified atom stereocenters. The second kappa shape index (κ2) is 5.11. The average molecular weight is 208 g/mol. The van der Waals surface area contributed by atoms with E-state index in [2.05, 4.69) is 12.2 Å². The molecule has 0 fully saturated rings. The van der Waals surface area contributed by atoms with E-state index in [9.17, 15) is 5.11 Å². The maximum Gasteiger partial charge on any atom is 0.116 e. The molecule has 0 aromatic heterocycles. The first-order valence-electron chi connectivity index (χ1n) is 4.69. The summed E-state index contributed by atoms with van der Waals surface area (Å²) in [5, 5.41) is 9.37. The van der Waals surface area contributed by atoms with Crippen LogP contribution in [0.25, 0.3) is 0 Å². The second-order valence-electron chi connectivity index (χ2n) is 3.29. The van der Waals surface area contributed by atoms with Crippen LogP contribution in [-0.2, 0) is 0 Å². The van der Waals surface area contributed by atoms with Crippen molar-refractivity contribution >= 4 is 11.8 Å². The standard InChI is InChI=1S/C12H16OS/c1-4-5-6-14-12-9(2)7-11(13)8-10(12)3/h4-5,7-8,13H,6H2,1-3H3/b5-4+. The number of hydrogen-bond donors (Lipinski definition) is 1. The quantitative estimate of drug-likeness (QED) is 0.604. The lowest BCUT2D eigenvalue weighted by molar-refractivity contribution is 0.474. The molecule has 1 rings (SSSR count). The summed E-state index contributed by atoms with van der Waals surface area (Å²) in [5.41, 5.74) is 2.30. The number of aromatic hydroxyl groups is 1. The van der Waals surface area contributed by atoms with E-state index in [1.165, 1.54) is 4.90 Å². The Balaban J connectivity index is 2.85. The lowest BCUT2D eigenvalue weighted by Gasteiger charge is -2.08. The van der Waals surface area contributed by atoms with Gasteiger partial charge in [0.2, 0.25) is 0 Å². The number of aryl methyl sites for hydroxylation is 2. The number of allylic oxidation sites excluding steroid dienone is 1. The smallest absolute Gasteiger partial charge is 0.116 e. The SMILES string of the molecule is C/C=C/CSc1c(C)cc(O)cc1C. The Bertz CT molecular complexity index is 319. The van der Waals surface area contributed by atoms with E-state index in [1.54, 1.807) is 0 Å². The predicted octanol–water partition coefficient (Wildman–Crippen LogP) is 3.68. The molecule has 1 N–H and O–H groups in total. The van der Waals surface area contributed by atoms with Gasteiger partial charge in [-0.2, -0.15) is 0 Å². The van der Waals surface area contributed by atoms with E-state index in [-0.39, 0.29) is 0 Å². The van der Waals surface area contributed by atoms with Crippen molar-refractivity contribution in [2.45, 2.75) is 25.7 Å². The van der Waals surface area contributed by atoms with Crippen molar-refractivity contribution in [3.63, 3.8) is 0 Å². The second-order valence-corrected chi connectivity index (χ2v) is 4.32. The van der Waals surface area contributed by atoms with Crippen molar-refractivity contribution in [2.24, 2.45) is 0 Å². The average Bonchev–Trinajstić information content (AvgIpc) is 2.09. The first-order chi connectivity index (χ1) is 6.65. The van der Waals surface area contributed by atoms with Crippen LogP contribution < -0.4 is 0 Å². The van der Waals surface area contributed by atoms with Crippen LogP contribution in [0, 0.1) is 13.8 Å². The molecule has 0 aliphatic rings. The van der Waals surface area contributed by atoms with Gasteiger partial charge in [-0.25, -0.2) is 0 Å². The molecule has 2 heteroatoms. The molecule has 0 radical (unpaired) electrons. The zero-order valence-electron chi connectivity index (χ0n) is 8.87. The van der Waals surface area contributed by atoms with Crippen molar-refractivity contribution in [3.8, 4) is 5.75 Å². The van der Waals surface area contributed by atoms with Gasteiger partial charge in [-0.15, -0.1) is 11.8 Å². The van der Waals surface area contributed by atoms with E-state index in [1.807, 2.05) is 44.7 Å². The van der Waals surface area contributed by atoms with E-state index in [0.717, 1.165) is 16.9 Å². The van der Waals surface area contributed by atoms with Gasteiger partial charge in [-0.1, -0.05) is 12.2 Å². The summed E-state index contributed by atoms with van der Waals surface area (Å²) in [4.78, 5) is 1.28. The Hall–Kier alpha value is -0.890. The molecule has 0 atom stereocenters. The van der Waals surface area contributed by atoms with Gasteiger partial charge in [-0.3, -0.25) is 0 Å². The Morgan fingerprint density at radius 3 is 2.36 bits per heavy atom. The lowest BCUT2D eigenvalue weighted by Crippen LogP contribution is -1.86. The third-order valence-electron chi connectivity index (χ3n) is 2.00. The van der Waals surface area contributed by atoms with Crippen LogP contribution in [0.5, 0.6) is 5.75 Å². The van der Waals surface area contributed by atoms with Crippen LogP contribution in [-0.4, -0.2) is 10.9 Å². The zero-order chi connectivity index (χ0) is 10.6. The van der Waals surface area contributed by atoms with Crippen molar-refractivity contribution in [3.05, 3.63) is 35.4 Å². The molecule has 1 nitrogen and oxygen atoms in total. The molecule has 0 saturated heterocycles. The van der Waals surface area contributed by atoms with Gasteiger partial charge in [0.1, 0.15) is 5.75 Å². The Kier molecular flexibility index (Phi) is 4.08. The van der Waals surface area contributed by atoms with Gasteiger partial charge < -0.3 is 5.11 Å². The molecule has 0 heterocycles. The molecule has 0 saturated carbocycles. The molecule has 0 aliphatic heterocycles. The Morgan fingerprint density at radius 2 is 1.86 bits per heavy atom. The van der Waals surface area contributed by atoms with Crippen LogP contribution in [0.4, 0.5) is 0 Å². The number of thioether (sulfide) groups is 1. The summed E-state index contributed by atoms with van der Waals surface area (Å²) in [6, 6.07) is 3.62. The Labute approximate surface area is 89.8 Å².